The van der Waals surface area contributed by atoms with Gasteiger partial charge in [0.05, 0.1) is 6.04 Å². The number of hydroxylamine groups is 1. The van der Waals surface area contributed by atoms with Crippen LogP contribution in [0.2, 0.25) is 0 Å². The molecule has 1 aromatic rings. The number of hydrogen-bond acceptors (Lipinski definition) is 6. The number of likely N-dealkylation sites (tertiary alicyclic amines) is 1. The molecule has 2 aliphatic heterocycles. The van der Waals surface area contributed by atoms with Gasteiger partial charge >= 0.3 is 0 Å². The van der Waals surface area contributed by atoms with E-state index in [-0.39, 0.29) is 31.2 Å². The molecule has 0 saturated carbocycles. The predicted octanol–water partition coefficient (Wildman–Crippen LogP) is -0.738. The summed E-state index contributed by atoms with van der Waals surface area (Å²) in [5, 5.41) is 14.4. The molecule has 2 atom stereocenters. The first-order valence-corrected chi connectivity index (χ1v) is 8.37. The lowest BCUT2D eigenvalue weighted by Crippen LogP contribution is -2.59. The number of halogens is 1. The number of amides is 4. The Bertz CT molecular complexity index is 757. The number of nitrogens with zero attached hydrogens (tertiary/aromatic N) is 1. The first kappa shape index (κ1) is 20.8. The maximum atomic E-state index is 12.5. The minimum absolute atomic E-state index is 0. The van der Waals surface area contributed by atoms with E-state index < -0.39 is 36.3 Å². The van der Waals surface area contributed by atoms with Gasteiger partial charge < -0.3 is 10.6 Å². The van der Waals surface area contributed by atoms with Crippen molar-refractivity contribution in [3.63, 3.8) is 0 Å². The number of nitrogens with one attached hydrogen (secondary N) is 3. The molecule has 1 saturated heterocycles. The van der Waals surface area contributed by atoms with E-state index in [0.29, 0.717) is 13.0 Å². The fourth-order valence-electron chi connectivity index (χ4n) is 3.23. The Morgan fingerprint density at radius 3 is 2.63 bits per heavy atom. The van der Waals surface area contributed by atoms with Crippen LogP contribution in [0, 0.1) is 0 Å². The Morgan fingerprint density at radius 1 is 1.22 bits per heavy atom. The van der Waals surface area contributed by atoms with Crippen molar-refractivity contribution >= 4 is 36.0 Å². The second kappa shape index (κ2) is 8.94. The van der Waals surface area contributed by atoms with Crippen molar-refractivity contribution in [2.75, 3.05) is 6.54 Å². The van der Waals surface area contributed by atoms with E-state index in [1.807, 2.05) is 24.3 Å². The summed E-state index contributed by atoms with van der Waals surface area (Å²) in [7, 11) is 0. The molecule has 4 N–H and O–H groups in total. The van der Waals surface area contributed by atoms with Crippen molar-refractivity contribution < 1.29 is 24.4 Å². The van der Waals surface area contributed by atoms with Crippen LogP contribution in [-0.4, -0.2) is 52.4 Å². The van der Waals surface area contributed by atoms with Gasteiger partial charge in [0.15, 0.2) is 0 Å². The topological polar surface area (TPSA) is 128 Å². The van der Waals surface area contributed by atoms with Crippen LogP contribution in [-0.2, 0) is 32.1 Å². The lowest BCUT2D eigenvalue weighted by Gasteiger charge is -2.32. The minimum atomic E-state index is -0.871. The molecule has 1 fully saturated rings. The number of fused-ring (bicyclic) bond motifs is 1. The second-order valence-electron chi connectivity index (χ2n) is 6.36. The van der Waals surface area contributed by atoms with E-state index >= 15 is 0 Å². The van der Waals surface area contributed by atoms with Gasteiger partial charge in [0, 0.05) is 13.0 Å². The third kappa shape index (κ3) is 4.62. The smallest absolute Gasteiger partial charge is 0.263 e. The molecule has 0 bridgehead atoms. The summed E-state index contributed by atoms with van der Waals surface area (Å²) in [4.78, 5) is 48.8. The van der Waals surface area contributed by atoms with Crippen LogP contribution in [0.3, 0.4) is 0 Å². The molecule has 9 nitrogen and oxygen atoms in total. The standard InChI is InChI=1S/C17H20N4O5.ClH/c22-14(20-26)9-21-15(23)6-5-12(17(21)25)19-16(24)13-7-10-3-1-2-4-11(10)8-18-13;/h1-4,12-13,18,26H,5-9H2,(H,19,24)(H,20,22);1H/t12-,13-;/m0./s1. The Kier molecular flexibility index (Phi) is 6.89. The normalized spacial score (nSPS) is 21.7. The van der Waals surface area contributed by atoms with Gasteiger partial charge in [0.1, 0.15) is 12.6 Å². The molecule has 1 aromatic carbocycles. The van der Waals surface area contributed by atoms with Gasteiger partial charge in [-0.1, -0.05) is 24.3 Å². The van der Waals surface area contributed by atoms with Gasteiger partial charge in [-0.05, 0) is 24.0 Å². The molecule has 3 rings (SSSR count). The fraction of sp³-hybridized carbons (Fsp3) is 0.412. The highest BCUT2D eigenvalue weighted by atomic mass is 35.5. The zero-order chi connectivity index (χ0) is 18.7. The summed E-state index contributed by atoms with van der Waals surface area (Å²) in [5.41, 5.74) is 3.61. The highest BCUT2D eigenvalue weighted by Crippen LogP contribution is 2.18. The summed E-state index contributed by atoms with van der Waals surface area (Å²) in [6.45, 7) is -0.0102. The van der Waals surface area contributed by atoms with Crippen molar-refractivity contribution in [2.45, 2.75) is 37.9 Å². The van der Waals surface area contributed by atoms with E-state index in [1.165, 1.54) is 5.48 Å². The van der Waals surface area contributed by atoms with Crippen LogP contribution >= 0.6 is 12.4 Å². The summed E-state index contributed by atoms with van der Waals surface area (Å²) in [5.74, 6) is -2.34. The summed E-state index contributed by atoms with van der Waals surface area (Å²) in [6, 6.07) is 6.48. The van der Waals surface area contributed by atoms with Gasteiger partial charge in [-0.2, -0.15) is 0 Å². The summed E-state index contributed by atoms with van der Waals surface area (Å²) in [6.07, 6.45) is 0.735. The van der Waals surface area contributed by atoms with E-state index in [0.717, 1.165) is 16.0 Å². The van der Waals surface area contributed by atoms with E-state index in [9.17, 15) is 19.2 Å². The van der Waals surface area contributed by atoms with Crippen LogP contribution in [0.15, 0.2) is 24.3 Å². The SMILES string of the molecule is Cl.O=C(CN1C(=O)CC[C@H](NC(=O)[C@@H]2Cc3ccccc3CN2)C1=O)NO. The van der Waals surface area contributed by atoms with Crippen LogP contribution in [0.25, 0.3) is 0 Å². The van der Waals surface area contributed by atoms with Crippen molar-refractivity contribution in [1.82, 2.24) is 21.0 Å². The Morgan fingerprint density at radius 2 is 1.93 bits per heavy atom. The number of hydrogen-bond donors (Lipinski definition) is 4. The maximum Gasteiger partial charge on any atom is 0.263 e. The highest BCUT2D eigenvalue weighted by molar-refractivity contribution is 6.04. The average molecular weight is 397 g/mol. The number of imide groups is 1. The largest absolute Gasteiger partial charge is 0.343 e. The van der Waals surface area contributed by atoms with Gasteiger partial charge in [-0.25, -0.2) is 5.48 Å². The van der Waals surface area contributed by atoms with Gasteiger partial charge in [0.2, 0.25) is 11.8 Å². The third-order valence-corrected chi connectivity index (χ3v) is 4.65. The molecule has 0 radical (unpaired) electrons. The highest BCUT2D eigenvalue weighted by Gasteiger charge is 2.37. The number of carbonyl (C=O) groups is 4. The van der Waals surface area contributed by atoms with Crippen molar-refractivity contribution in [2.24, 2.45) is 0 Å². The van der Waals surface area contributed by atoms with Crippen LogP contribution in [0.5, 0.6) is 0 Å². The van der Waals surface area contributed by atoms with Crippen molar-refractivity contribution in [1.29, 1.82) is 0 Å². The van der Waals surface area contributed by atoms with Gasteiger partial charge in [-0.15, -0.1) is 12.4 Å². The molecule has 0 spiro atoms. The molecule has 0 aromatic heterocycles. The van der Waals surface area contributed by atoms with E-state index in [1.54, 1.807) is 0 Å². The van der Waals surface area contributed by atoms with E-state index in [2.05, 4.69) is 10.6 Å². The predicted molar refractivity (Wildman–Crippen MR) is 95.8 cm³/mol. The van der Waals surface area contributed by atoms with Crippen molar-refractivity contribution in [3.05, 3.63) is 35.4 Å². The number of piperidine rings is 1. The van der Waals surface area contributed by atoms with Crippen LogP contribution in [0.1, 0.15) is 24.0 Å². The number of rotatable bonds is 4. The third-order valence-electron chi connectivity index (χ3n) is 4.65. The van der Waals surface area contributed by atoms with Gasteiger partial charge in [-0.3, -0.25) is 29.3 Å². The first-order valence-electron chi connectivity index (χ1n) is 8.37. The Balaban J connectivity index is 0.00000261. The van der Waals surface area contributed by atoms with Crippen LogP contribution < -0.4 is 16.1 Å². The molecule has 10 heteroatoms. The van der Waals surface area contributed by atoms with Crippen molar-refractivity contribution in [3.8, 4) is 0 Å². The fourth-order valence-corrected chi connectivity index (χ4v) is 3.23. The first-order chi connectivity index (χ1) is 12.5. The van der Waals surface area contributed by atoms with E-state index in [4.69, 9.17) is 5.21 Å². The molecular formula is C17H21ClN4O5. The molecule has 2 aliphatic rings. The summed E-state index contributed by atoms with van der Waals surface area (Å²) < 4.78 is 0. The van der Waals surface area contributed by atoms with Gasteiger partial charge in [0.25, 0.3) is 11.8 Å². The molecular weight excluding hydrogens is 376 g/mol. The second-order valence-corrected chi connectivity index (χ2v) is 6.36. The lowest BCUT2D eigenvalue weighted by atomic mass is 9.95. The van der Waals surface area contributed by atoms with Crippen LogP contribution in [0.4, 0.5) is 0 Å². The quantitative estimate of drug-likeness (QED) is 0.301. The maximum absolute atomic E-state index is 12.5. The molecule has 4 amide bonds. The number of benzene rings is 1. The lowest BCUT2D eigenvalue weighted by molar-refractivity contribution is -0.154. The Labute approximate surface area is 161 Å². The molecule has 0 aliphatic carbocycles. The molecule has 2 heterocycles. The Hall–Kier alpha value is -2.49. The molecule has 0 unspecified atom stereocenters. The zero-order valence-electron chi connectivity index (χ0n) is 14.4. The molecule has 27 heavy (non-hydrogen) atoms. The molecule has 146 valence electrons. The monoisotopic (exact) mass is 396 g/mol. The summed E-state index contributed by atoms with van der Waals surface area (Å²) >= 11 is 0. The minimum Gasteiger partial charge on any atom is -0.343 e. The zero-order valence-corrected chi connectivity index (χ0v) is 15.3. The average Bonchev–Trinajstić information content (AvgIpc) is 2.66. The number of carbonyl (C=O) groups excluding carboxylic acids is 4.